The van der Waals surface area contributed by atoms with Crippen LogP contribution in [0.4, 0.5) is 5.69 Å². The zero-order valence-corrected chi connectivity index (χ0v) is 16.2. The molecule has 2 aromatic rings. The van der Waals surface area contributed by atoms with E-state index in [4.69, 9.17) is 9.66 Å². The fourth-order valence-corrected chi connectivity index (χ4v) is 3.38. The maximum Gasteiger partial charge on any atom is 0.274 e. The minimum Gasteiger partial charge on any atom is -0.334 e. The number of aromatic nitrogens is 2. The van der Waals surface area contributed by atoms with E-state index >= 15 is 0 Å². The third-order valence-corrected chi connectivity index (χ3v) is 5.25. The first kappa shape index (κ1) is 21.2. The van der Waals surface area contributed by atoms with E-state index in [0.29, 0.717) is 12.4 Å². The molecule has 1 unspecified atom stereocenters. The van der Waals surface area contributed by atoms with Gasteiger partial charge in [-0.15, -0.1) is 12.4 Å². The van der Waals surface area contributed by atoms with Gasteiger partial charge in [-0.1, -0.05) is 5.16 Å². The summed E-state index contributed by atoms with van der Waals surface area (Å²) in [6.45, 7) is 3.77. The van der Waals surface area contributed by atoms with Gasteiger partial charge >= 0.3 is 0 Å². The van der Waals surface area contributed by atoms with Crippen LogP contribution in [-0.4, -0.2) is 55.1 Å². The lowest BCUT2D eigenvalue weighted by molar-refractivity contribution is -0.385. The van der Waals surface area contributed by atoms with Gasteiger partial charge in [0, 0.05) is 31.3 Å². The topological polar surface area (TPSA) is 157 Å². The lowest BCUT2D eigenvalue weighted by Gasteiger charge is -2.30. The quantitative estimate of drug-likeness (QED) is 0.535. The molecule has 3 rings (SSSR count). The van der Waals surface area contributed by atoms with Crippen LogP contribution in [0.1, 0.15) is 17.4 Å². The fourth-order valence-electron chi connectivity index (χ4n) is 2.82. The van der Waals surface area contributed by atoms with Crippen molar-refractivity contribution in [2.75, 3.05) is 26.7 Å². The Morgan fingerprint density at radius 2 is 2.15 bits per heavy atom. The van der Waals surface area contributed by atoms with Crippen molar-refractivity contribution in [3.63, 3.8) is 0 Å². The van der Waals surface area contributed by atoms with Crippen molar-refractivity contribution in [2.45, 2.75) is 17.9 Å². The van der Waals surface area contributed by atoms with E-state index < -0.39 is 14.9 Å². The minimum atomic E-state index is -4.14. The predicted molar refractivity (Wildman–Crippen MR) is 98.0 cm³/mol. The zero-order valence-electron chi connectivity index (χ0n) is 14.6. The SMILES string of the molecule is Cc1c(-c2nc(C3CNCCN3C)no2)cc(S(N)(=O)=O)cc1[N+](=O)[O-].Cl. The molecule has 1 aliphatic rings. The second-order valence-corrected chi connectivity index (χ2v) is 7.64. The molecular weight excluding hydrogens is 400 g/mol. The number of likely N-dealkylation sites (N-methyl/N-ethyl adjacent to an activating group) is 1. The maximum atomic E-state index is 11.7. The predicted octanol–water partition coefficient (Wildman–Crippen LogP) is 0.599. The molecule has 27 heavy (non-hydrogen) atoms. The van der Waals surface area contributed by atoms with Crippen LogP contribution in [0.15, 0.2) is 21.6 Å². The number of nitrogens with two attached hydrogens (primary N) is 1. The van der Waals surface area contributed by atoms with E-state index in [1.807, 2.05) is 7.05 Å². The number of rotatable bonds is 4. The lowest BCUT2D eigenvalue weighted by Crippen LogP contribution is -2.44. The monoisotopic (exact) mass is 418 g/mol. The first-order valence-corrected chi connectivity index (χ1v) is 9.30. The molecule has 1 atom stereocenters. The maximum absolute atomic E-state index is 11.7. The summed E-state index contributed by atoms with van der Waals surface area (Å²) < 4.78 is 28.6. The summed E-state index contributed by atoms with van der Waals surface area (Å²) in [7, 11) is -2.21. The summed E-state index contributed by atoms with van der Waals surface area (Å²) in [5.74, 6) is 0.419. The molecule has 11 nitrogen and oxygen atoms in total. The van der Waals surface area contributed by atoms with Crippen LogP contribution >= 0.6 is 12.4 Å². The number of piperazine rings is 1. The highest BCUT2D eigenvalue weighted by Crippen LogP contribution is 2.33. The smallest absolute Gasteiger partial charge is 0.274 e. The van der Waals surface area contributed by atoms with Crippen LogP contribution in [-0.2, 0) is 10.0 Å². The van der Waals surface area contributed by atoms with Gasteiger partial charge in [0.2, 0.25) is 10.0 Å². The third kappa shape index (κ3) is 4.25. The Hall–Kier alpha value is -2.12. The molecule has 0 aliphatic carbocycles. The summed E-state index contributed by atoms with van der Waals surface area (Å²) in [5, 5.41) is 23.6. The van der Waals surface area contributed by atoms with Gasteiger partial charge < -0.3 is 9.84 Å². The number of benzene rings is 1. The van der Waals surface area contributed by atoms with E-state index in [1.54, 1.807) is 0 Å². The molecule has 13 heteroatoms. The Morgan fingerprint density at radius 1 is 1.44 bits per heavy atom. The minimum absolute atomic E-state index is 0. The number of hydrogen-bond acceptors (Lipinski definition) is 9. The number of hydrogen-bond donors (Lipinski definition) is 2. The molecule has 3 N–H and O–H groups in total. The van der Waals surface area contributed by atoms with E-state index in [9.17, 15) is 18.5 Å². The molecule has 1 saturated heterocycles. The van der Waals surface area contributed by atoms with Crippen LogP contribution in [0.5, 0.6) is 0 Å². The van der Waals surface area contributed by atoms with E-state index in [0.717, 1.165) is 19.2 Å². The third-order valence-electron chi connectivity index (χ3n) is 4.36. The van der Waals surface area contributed by atoms with Gasteiger partial charge in [-0.3, -0.25) is 15.0 Å². The summed E-state index contributed by atoms with van der Waals surface area (Å²) in [5.41, 5.74) is -0.0103. The zero-order chi connectivity index (χ0) is 19.1. The van der Waals surface area contributed by atoms with Crippen molar-refractivity contribution in [2.24, 2.45) is 5.14 Å². The molecule has 1 fully saturated rings. The van der Waals surface area contributed by atoms with Gasteiger partial charge in [-0.25, -0.2) is 13.6 Å². The number of nitro groups is 1. The molecule has 1 aliphatic heterocycles. The highest BCUT2D eigenvalue weighted by atomic mass is 35.5. The number of nitrogens with zero attached hydrogens (tertiary/aromatic N) is 4. The molecule has 0 saturated carbocycles. The molecule has 2 heterocycles. The first-order valence-electron chi connectivity index (χ1n) is 7.75. The number of primary sulfonamides is 1. The summed E-state index contributed by atoms with van der Waals surface area (Å²) in [6, 6.07) is 2.01. The average molecular weight is 419 g/mol. The second-order valence-electron chi connectivity index (χ2n) is 6.08. The Morgan fingerprint density at radius 3 is 2.74 bits per heavy atom. The highest BCUT2D eigenvalue weighted by molar-refractivity contribution is 7.89. The van der Waals surface area contributed by atoms with Gasteiger partial charge in [0.15, 0.2) is 5.82 Å². The van der Waals surface area contributed by atoms with E-state index in [1.165, 1.54) is 13.0 Å². The molecule has 0 radical (unpaired) electrons. The first-order chi connectivity index (χ1) is 12.2. The fraction of sp³-hybridized carbons (Fsp3) is 0.429. The van der Waals surface area contributed by atoms with Crippen LogP contribution in [0.3, 0.4) is 0 Å². The number of nitrogens with one attached hydrogen (secondary N) is 1. The molecular formula is C14H19ClN6O5S. The summed E-state index contributed by atoms with van der Waals surface area (Å²) in [6.07, 6.45) is 0. The standard InChI is InChI=1S/C14H18N6O5S.ClH/c1-8-10(5-9(26(15,23)24)6-11(8)20(21)22)14-17-13(18-25-14)12-7-16-3-4-19(12)2;/h5-6,12,16H,3-4,7H2,1-2H3,(H2,15,23,24);1H. The molecule has 148 valence electrons. The van der Waals surface area contributed by atoms with E-state index in [-0.39, 0.29) is 46.0 Å². The lowest BCUT2D eigenvalue weighted by atomic mass is 10.1. The molecule has 1 aromatic carbocycles. The largest absolute Gasteiger partial charge is 0.334 e. The Balaban J connectivity index is 0.00000261. The average Bonchev–Trinajstić information content (AvgIpc) is 3.03. The Bertz CT molecular complexity index is 963. The van der Waals surface area contributed by atoms with Crippen molar-refractivity contribution in [3.05, 3.63) is 33.6 Å². The van der Waals surface area contributed by atoms with Crippen molar-refractivity contribution >= 4 is 28.1 Å². The number of nitro benzene ring substituents is 1. The molecule has 0 bridgehead atoms. The van der Waals surface area contributed by atoms with Gasteiger partial charge in [-0.05, 0) is 20.0 Å². The molecule has 0 spiro atoms. The van der Waals surface area contributed by atoms with Gasteiger partial charge in [-0.2, -0.15) is 4.98 Å². The van der Waals surface area contributed by atoms with Gasteiger partial charge in [0.05, 0.1) is 21.4 Å². The van der Waals surface area contributed by atoms with Gasteiger partial charge in [0.1, 0.15) is 0 Å². The number of sulfonamides is 1. The summed E-state index contributed by atoms with van der Waals surface area (Å²) in [4.78, 5) is 16.6. The van der Waals surface area contributed by atoms with Crippen molar-refractivity contribution in [1.82, 2.24) is 20.4 Å². The Labute approximate surface area is 161 Å². The van der Waals surface area contributed by atoms with E-state index in [2.05, 4.69) is 20.4 Å². The van der Waals surface area contributed by atoms with Crippen molar-refractivity contribution in [3.8, 4) is 11.5 Å². The molecule has 0 amide bonds. The van der Waals surface area contributed by atoms with Crippen LogP contribution < -0.4 is 10.5 Å². The van der Waals surface area contributed by atoms with Crippen LogP contribution in [0.2, 0.25) is 0 Å². The highest BCUT2D eigenvalue weighted by Gasteiger charge is 2.28. The van der Waals surface area contributed by atoms with Crippen LogP contribution in [0, 0.1) is 17.0 Å². The number of halogens is 1. The second kappa shape index (κ2) is 7.86. The van der Waals surface area contributed by atoms with Gasteiger partial charge in [0.25, 0.3) is 11.6 Å². The molecule has 1 aromatic heterocycles. The van der Waals surface area contributed by atoms with Crippen LogP contribution in [0.25, 0.3) is 11.5 Å². The normalized spacial score (nSPS) is 18.1. The Kier molecular flexibility index (Phi) is 6.17. The van der Waals surface area contributed by atoms with Crippen molar-refractivity contribution in [1.29, 1.82) is 0 Å². The van der Waals surface area contributed by atoms with Crippen molar-refractivity contribution < 1.29 is 17.9 Å². The summed E-state index contributed by atoms with van der Waals surface area (Å²) >= 11 is 0.